The monoisotopic (exact) mass is 332 g/mol. The SMILES string of the molecule is CC(C)(C)OC(=O)NCCNc1cccc(F)c1Br. The van der Waals surface area contributed by atoms with Gasteiger partial charge in [0.1, 0.15) is 11.4 Å². The Hall–Kier alpha value is -1.30. The van der Waals surface area contributed by atoms with Crippen molar-refractivity contribution in [2.45, 2.75) is 26.4 Å². The van der Waals surface area contributed by atoms with Gasteiger partial charge in [-0.05, 0) is 48.8 Å². The number of anilines is 1. The highest BCUT2D eigenvalue weighted by molar-refractivity contribution is 9.10. The van der Waals surface area contributed by atoms with Crippen LogP contribution in [0.3, 0.4) is 0 Å². The lowest BCUT2D eigenvalue weighted by Crippen LogP contribution is -2.35. The van der Waals surface area contributed by atoms with Crippen LogP contribution in [-0.2, 0) is 4.74 Å². The van der Waals surface area contributed by atoms with Gasteiger partial charge >= 0.3 is 6.09 Å². The summed E-state index contributed by atoms with van der Waals surface area (Å²) in [4.78, 5) is 11.4. The van der Waals surface area contributed by atoms with E-state index in [-0.39, 0.29) is 5.82 Å². The number of halogens is 2. The van der Waals surface area contributed by atoms with Crippen molar-refractivity contribution < 1.29 is 13.9 Å². The largest absolute Gasteiger partial charge is 0.444 e. The Labute approximate surface area is 120 Å². The van der Waals surface area contributed by atoms with Crippen molar-refractivity contribution in [3.05, 3.63) is 28.5 Å². The third-order valence-electron chi connectivity index (χ3n) is 2.06. The first kappa shape index (κ1) is 15.8. The molecule has 0 radical (unpaired) electrons. The number of rotatable bonds is 4. The van der Waals surface area contributed by atoms with Crippen LogP contribution in [0.15, 0.2) is 22.7 Å². The average Bonchev–Trinajstić information content (AvgIpc) is 2.27. The van der Waals surface area contributed by atoms with Crippen molar-refractivity contribution in [3.8, 4) is 0 Å². The number of alkyl carbamates (subject to hydrolysis) is 1. The third kappa shape index (κ3) is 5.92. The molecular weight excluding hydrogens is 315 g/mol. The topological polar surface area (TPSA) is 50.4 Å². The molecule has 2 N–H and O–H groups in total. The van der Waals surface area contributed by atoms with E-state index in [0.717, 1.165) is 0 Å². The molecule has 0 fully saturated rings. The van der Waals surface area contributed by atoms with Gasteiger partial charge in [-0.1, -0.05) is 6.07 Å². The maximum absolute atomic E-state index is 13.2. The van der Waals surface area contributed by atoms with E-state index in [1.165, 1.54) is 6.07 Å². The standard InChI is InChI=1S/C13H18BrFN2O2/c1-13(2,3)19-12(18)17-8-7-16-10-6-4-5-9(15)11(10)14/h4-6,16H,7-8H2,1-3H3,(H,17,18). The Kier molecular flexibility index (Phi) is 5.60. The molecule has 0 saturated heterocycles. The van der Waals surface area contributed by atoms with E-state index < -0.39 is 11.7 Å². The molecule has 1 amide bonds. The summed E-state index contributed by atoms with van der Waals surface area (Å²) in [6.45, 7) is 6.26. The van der Waals surface area contributed by atoms with E-state index >= 15 is 0 Å². The Bertz CT molecular complexity index is 447. The van der Waals surface area contributed by atoms with Gasteiger partial charge < -0.3 is 15.4 Å². The molecule has 0 spiro atoms. The number of carbonyl (C=O) groups excluding carboxylic acids is 1. The molecule has 0 aliphatic carbocycles. The van der Waals surface area contributed by atoms with Gasteiger partial charge in [0.25, 0.3) is 0 Å². The van der Waals surface area contributed by atoms with Gasteiger partial charge in [-0.15, -0.1) is 0 Å². The molecule has 4 nitrogen and oxygen atoms in total. The van der Waals surface area contributed by atoms with Crippen molar-refractivity contribution in [1.29, 1.82) is 0 Å². The minimum absolute atomic E-state index is 0.329. The zero-order valence-electron chi connectivity index (χ0n) is 11.2. The summed E-state index contributed by atoms with van der Waals surface area (Å²) in [5.41, 5.74) is 0.134. The second-order valence-electron chi connectivity index (χ2n) is 4.96. The molecule has 0 saturated carbocycles. The van der Waals surface area contributed by atoms with Crippen LogP contribution < -0.4 is 10.6 Å². The van der Waals surface area contributed by atoms with Gasteiger partial charge in [0.2, 0.25) is 0 Å². The fourth-order valence-electron chi connectivity index (χ4n) is 1.32. The van der Waals surface area contributed by atoms with Gasteiger partial charge in [-0.3, -0.25) is 0 Å². The Balaban J connectivity index is 2.32. The smallest absolute Gasteiger partial charge is 0.407 e. The summed E-state index contributed by atoms with van der Waals surface area (Å²) in [6, 6.07) is 4.73. The van der Waals surface area contributed by atoms with Crippen molar-refractivity contribution >= 4 is 27.7 Å². The summed E-state index contributed by atoms with van der Waals surface area (Å²) in [7, 11) is 0. The molecule has 19 heavy (non-hydrogen) atoms. The number of hydrogen-bond donors (Lipinski definition) is 2. The molecular formula is C13H18BrFN2O2. The highest BCUT2D eigenvalue weighted by Gasteiger charge is 2.15. The minimum Gasteiger partial charge on any atom is -0.444 e. The van der Waals surface area contributed by atoms with Gasteiger partial charge in [0.15, 0.2) is 0 Å². The van der Waals surface area contributed by atoms with E-state index in [1.54, 1.807) is 32.9 Å². The van der Waals surface area contributed by atoms with E-state index in [0.29, 0.717) is 23.2 Å². The van der Waals surface area contributed by atoms with Crippen LogP contribution >= 0.6 is 15.9 Å². The Morgan fingerprint density at radius 3 is 2.68 bits per heavy atom. The molecule has 1 aromatic carbocycles. The van der Waals surface area contributed by atoms with Crippen LogP contribution in [0.4, 0.5) is 14.9 Å². The van der Waals surface area contributed by atoms with E-state index in [2.05, 4.69) is 26.6 Å². The van der Waals surface area contributed by atoms with Crippen LogP contribution in [0.1, 0.15) is 20.8 Å². The van der Waals surface area contributed by atoms with Crippen LogP contribution in [0.5, 0.6) is 0 Å². The molecule has 1 aromatic rings. The average molecular weight is 333 g/mol. The van der Waals surface area contributed by atoms with Crippen molar-refractivity contribution in [1.82, 2.24) is 5.32 Å². The second-order valence-corrected chi connectivity index (χ2v) is 5.75. The Morgan fingerprint density at radius 2 is 2.05 bits per heavy atom. The summed E-state index contributed by atoms with van der Waals surface area (Å²) in [5.74, 6) is -0.329. The normalized spacial score (nSPS) is 11.0. The maximum atomic E-state index is 13.2. The predicted octanol–water partition coefficient (Wildman–Crippen LogP) is 3.52. The summed E-state index contributed by atoms with van der Waals surface area (Å²) >= 11 is 3.15. The van der Waals surface area contributed by atoms with E-state index in [1.807, 2.05) is 0 Å². The number of ether oxygens (including phenoxy) is 1. The molecule has 6 heteroatoms. The lowest BCUT2D eigenvalue weighted by atomic mass is 10.2. The summed E-state index contributed by atoms with van der Waals surface area (Å²) in [5, 5.41) is 5.63. The van der Waals surface area contributed by atoms with Crippen molar-refractivity contribution in [2.24, 2.45) is 0 Å². The first-order valence-corrected chi connectivity index (χ1v) is 6.73. The maximum Gasteiger partial charge on any atom is 0.407 e. The predicted molar refractivity (Wildman–Crippen MR) is 76.8 cm³/mol. The zero-order chi connectivity index (χ0) is 14.5. The van der Waals surface area contributed by atoms with Crippen molar-refractivity contribution in [3.63, 3.8) is 0 Å². The van der Waals surface area contributed by atoms with Crippen LogP contribution in [-0.4, -0.2) is 24.8 Å². The third-order valence-corrected chi connectivity index (χ3v) is 2.87. The molecule has 0 bridgehead atoms. The number of benzene rings is 1. The quantitative estimate of drug-likeness (QED) is 0.829. The zero-order valence-corrected chi connectivity index (χ0v) is 12.8. The second kappa shape index (κ2) is 6.75. The molecule has 0 aromatic heterocycles. The highest BCUT2D eigenvalue weighted by Crippen LogP contribution is 2.24. The molecule has 0 aliphatic rings. The molecule has 0 aliphatic heterocycles. The van der Waals surface area contributed by atoms with Gasteiger partial charge in [0.05, 0.1) is 10.2 Å². The van der Waals surface area contributed by atoms with E-state index in [4.69, 9.17) is 4.74 Å². The number of carbonyl (C=O) groups is 1. The number of hydrogen-bond acceptors (Lipinski definition) is 3. The van der Waals surface area contributed by atoms with Gasteiger partial charge in [0, 0.05) is 13.1 Å². The molecule has 1 rings (SSSR count). The van der Waals surface area contributed by atoms with E-state index in [9.17, 15) is 9.18 Å². The highest BCUT2D eigenvalue weighted by atomic mass is 79.9. The first-order valence-electron chi connectivity index (χ1n) is 5.94. The fraction of sp³-hybridized carbons (Fsp3) is 0.462. The van der Waals surface area contributed by atoms with Crippen LogP contribution in [0.2, 0.25) is 0 Å². The van der Waals surface area contributed by atoms with Crippen LogP contribution in [0, 0.1) is 5.82 Å². The van der Waals surface area contributed by atoms with Gasteiger partial charge in [-0.25, -0.2) is 9.18 Å². The molecule has 106 valence electrons. The minimum atomic E-state index is -0.511. The van der Waals surface area contributed by atoms with Crippen LogP contribution in [0.25, 0.3) is 0 Å². The summed E-state index contributed by atoms with van der Waals surface area (Å²) in [6.07, 6.45) is -0.465. The summed E-state index contributed by atoms with van der Waals surface area (Å²) < 4.78 is 18.7. The lowest BCUT2D eigenvalue weighted by Gasteiger charge is -2.19. The first-order chi connectivity index (χ1) is 8.79. The number of nitrogens with one attached hydrogen (secondary N) is 2. The molecule has 0 heterocycles. The van der Waals surface area contributed by atoms with Gasteiger partial charge in [-0.2, -0.15) is 0 Å². The lowest BCUT2D eigenvalue weighted by molar-refractivity contribution is 0.0530. The Morgan fingerprint density at radius 1 is 1.37 bits per heavy atom. The fourth-order valence-corrected chi connectivity index (χ4v) is 1.72. The molecule has 0 unspecified atom stereocenters. The van der Waals surface area contributed by atoms with Crippen molar-refractivity contribution in [2.75, 3.05) is 18.4 Å². The number of amides is 1. The molecule has 0 atom stereocenters.